The van der Waals surface area contributed by atoms with Crippen LogP contribution in [0.15, 0.2) is 48.9 Å². The summed E-state index contributed by atoms with van der Waals surface area (Å²) in [6.45, 7) is 3.55. The zero-order valence-electron chi connectivity index (χ0n) is 16.7. The van der Waals surface area contributed by atoms with Crippen molar-refractivity contribution in [1.29, 1.82) is 0 Å². The maximum absolute atomic E-state index is 11.7. The number of nitrogens with one attached hydrogen (secondary N) is 1. The second-order valence-corrected chi connectivity index (χ2v) is 7.85. The molecule has 156 valence electrons. The molecule has 0 saturated carbocycles. The molecule has 7 nitrogen and oxygen atoms in total. The van der Waals surface area contributed by atoms with Crippen LogP contribution in [0.25, 0.3) is 5.57 Å². The molecule has 30 heavy (non-hydrogen) atoms. The zero-order valence-corrected chi connectivity index (χ0v) is 17.5. The summed E-state index contributed by atoms with van der Waals surface area (Å²) in [6.07, 6.45) is 4.49. The summed E-state index contributed by atoms with van der Waals surface area (Å²) in [6, 6.07) is 11.1. The van der Waals surface area contributed by atoms with Gasteiger partial charge in [-0.25, -0.2) is 0 Å². The maximum Gasteiger partial charge on any atom is 0.307 e. The Morgan fingerprint density at radius 3 is 2.47 bits per heavy atom. The van der Waals surface area contributed by atoms with Crippen LogP contribution in [0, 0.1) is 0 Å². The molecule has 1 aromatic carbocycles. The zero-order chi connectivity index (χ0) is 21.5. The fourth-order valence-electron chi connectivity index (χ4n) is 2.77. The third kappa shape index (κ3) is 5.93. The lowest BCUT2D eigenvalue weighted by Crippen LogP contribution is -2.25. The topological polar surface area (TPSA) is 94.6 Å². The van der Waals surface area contributed by atoms with Crippen molar-refractivity contribution in [3.8, 4) is 5.75 Å². The molecule has 2 heterocycles. The molecule has 1 aromatic heterocycles. The number of nitrogens with zero attached hydrogens (tertiary/aromatic N) is 1. The first-order valence-electron chi connectivity index (χ1n) is 9.49. The Balaban J connectivity index is 1.64. The summed E-state index contributed by atoms with van der Waals surface area (Å²) in [7, 11) is 0. The molecule has 2 amide bonds. The lowest BCUT2D eigenvalue weighted by atomic mass is 10.1. The number of carbonyl (C=O) groups excluding carboxylic acids is 3. The molecule has 0 aliphatic carbocycles. The number of hydrogen-bond acceptors (Lipinski definition) is 7. The second-order valence-electron chi connectivity index (χ2n) is 6.68. The van der Waals surface area contributed by atoms with Crippen LogP contribution in [0.1, 0.15) is 30.7 Å². The summed E-state index contributed by atoms with van der Waals surface area (Å²) in [5.41, 5.74) is 3.34. The van der Waals surface area contributed by atoms with E-state index in [1.54, 1.807) is 18.3 Å². The fourth-order valence-corrected chi connectivity index (χ4v) is 3.63. The molecule has 0 spiro atoms. The Labute approximate surface area is 178 Å². The van der Waals surface area contributed by atoms with Crippen LogP contribution in [-0.2, 0) is 27.2 Å². The molecular formula is C22H22N2O5S. The van der Waals surface area contributed by atoms with Gasteiger partial charge >= 0.3 is 5.97 Å². The van der Waals surface area contributed by atoms with Gasteiger partial charge in [-0.1, -0.05) is 36.9 Å². The van der Waals surface area contributed by atoms with Crippen molar-refractivity contribution in [3.05, 3.63) is 65.7 Å². The fraction of sp³-hybridized carbons (Fsp3) is 0.273. The molecule has 1 aliphatic rings. The van der Waals surface area contributed by atoms with Gasteiger partial charge in [0.05, 0.1) is 16.5 Å². The number of rotatable bonds is 8. The van der Waals surface area contributed by atoms with Gasteiger partial charge < -0.3 is 9.47 Å². The van der Waals surface area contributed by atoms with E-state index in [1.807, 2.05) is 24.3 Å². The molecule has 1 saturated heterocycles. The number of amides is 2. The van der Waals surface area contributed by atoms with Gasteiger partial charge in [0.25, 0.3) is 5.24 Å². The molecule has 0 bridgehead atoms. The third-order valence-electron chi connectivity index (χ3n) is 4.43. The van der Waals surface area contributed by atoms with Crippen LogP contribution in [0.2, 0.25) is 0 Å². The molecule has 1 fully saturated rings. The van der Waals surface area contributed by atoms with Crippen LogP contribution < -0.4 is 10.1 Å². The molecule has 2 aromatic rings. The highest BCUT2D eigenvalue weighted by Crippen LogP contribution is 2.24. The number of aryl methyl sites for hydroxylation is 1. The monoisotopic (exact) mass is 426 g/mol. The summed E-state index contributed by atoms with van der Waals surface area (Å²) in [4.78, 5) is 38.6. The summed E-state index contributed by atoms with van der Waals surface area (Å²) in [5.74, 6) is -0.0567. The summed E-state index contributed by atoms with van der Waals surface area (Å²) in [5, 5.41) is 1.58. The average molecular weight is 426 g/mol. The van der Waals surface area contributed by atoms with Gasteiger partial charge in [-0.2, -0.15) is 0 Å². The smallest absolute Gasteiger partial charge is 0.307 e. The van der Waals surface area contributed by atoms with Gasteiger partial charge in [-0.3, -0.25) is 24.7 Å². The van der Waals surface area contributed by atoms with Crippen LogP contribution in [0.3, 0.4) is 0 Å². The van der Waals surface area contributed by atoms with E-state index < -0.39 is 11.2 Å². The highest BCUT2D eigenvalue weighted by Gasteiger charge is 2.31. The number of ether oxygens (including phenoxy) is 2. The predicted molar refractivity (Wildman–Crippen MR) is 114 cm³/mol. The molecule has 3 rings (SSSR count). The molecule has 1 unspecified atom stereocenters. The summed E-state index contributed by atoms with van der Waals surface area (Å²) >= 11 is 1.01. The minimum Gasteiger partial charge on any atom is -0.489 e. The number of benzene rings is 1. The van der Waals surface area contributed by atoms with Gasteiger partial charge in [0.2, 0.25) is 5.91 Å². The number of imide groups is 1. The van der Waals surface area contributed by atoms with E-state index in [0.29, 0.717) is 23.4 Å². The number of aromatic nitrogens is 1. The van der Waals surface area contributed by atoms with Gasteiger partial charge in [0.15, 0.2) is 0 Å². The van der Waals surface area contributed by atoms with E-state index in [1.165, 1.54) is 13.2 Å². The van der Waals surface area contributed by atoms with Crippen LogP contribution in [0.4, 0.5) is 4.79 Å². The van der Waals surface area contributed by atoms with Crippen molar-refractivity contribution in [1.82, 2.24) is 10.3 Å². The minimum absolute atomic E-state index is 0.167. The average Bonchev–Trinajstić information content (AvgIpc) is 3.06. The minimum atomic E-state index is -0.422. The van der Waals surface area contributed by atoms with E-state index in [4.69, 9.17) is 9.47 Å². The van der Waals surface area contributed by atoms with Gasteiger partial charge in [-0.05, 0) is 42.2 Å². The van der Waals surface area contributed by atoms with Crippen LogP contribution in [-0.4, -0.2) is 34.0 Å². The molecule has 1 aliphatic heterocycles. The van der Waals surface area contributed by atoms with E-state index in [0.717, 1.165) is 29.3 Å². The molecule has 1 N–H and O–H groups in total. The molecule has 8 heteroatoms. The van der Waals surface area contributed by atoms with Crippen molar-refractivity contribution in [2.24, 2.45) is 0 Å². The number of thioether (sulfide) groups is 1. The Morgan fingerprint density at radius 1 is 1.17 bits per heavy atom. The van der Waals surface area contributed by atoms with Gasteiger partial charge in [0.1, 0.15) is 18.6 Å². The Hall–Kier alpha value is -3.13. The van der Waals surface area contributed by atoms with Gasteiger partial charge in [0, 0.05) is 13.1 Å². The second kappa shape index (κ2) is 10.1. The SMILES string of the molecule is CCc1ccc(C(=COC(C)=O)COc2ccc(CC3SC(=O)NC3=O)cc2)nc1. The summed E-state index contributed by atoms with van der Waals surface area (Å²) < 4.78 is 10.9. The van der Waals surface area contributed by atoms with Gasteiger partial charge in [-0.15, -0.1) is 0 Å². The van der Waals surface area contributed by atoms with E-state index in [-0.39, 0.29) is 17.8 Å². The Morgan fingerprint density at radius 2 is 1.90 bits per heavy atom. The van der Waals surface area contributed by atoms with Crippen molar-refractivity contribution in [3.63, 3.8) is 0 Å². The predicted octanol–water partition coefficient (Wildman–Crippen LogP) is 3.52. The van der Waals surface area contributed by atoms with Crippen molar-refractivity contribution in [2.75, 3.05) is 6.61 Å². The third-order valence-corrected chi connectivity index (χ3v) is 5.42. The first kappa shape index (κ1) is 21.6. The lowest BCUT2D eigenvalue weighted by Gasteiger charge is -2.11. The normalized spacial score (nSPS) is 16.3. The number of hydrogen-bond donors (Lipinski definition) is 1. The molecule has 1 atom stereocenters. The first-order valence-corrected chi connectivity index (χ1v) is 10.4. The highest BCUT2D eigenvalue weighted by molar-refractivity contribution is 8.15. The standard InChI is InChI=1S/C22H22N2O5S/c1-3-15-6-9-19(23-11-15)17(12-28-14(2)25)13-29-18-7-4-16(5-8-18)10-20-21(26)24-22(27)30-20/h4-9,11-12,20H,3,10,13H2,1-2H3,(H,24,26,27). The van der Waals surface area contributed by atoms with E-state index in [9.17, 15) is 14.4 Å². The van der Waals surface area contributed by atoms with Crippen molar-refractivity contribution >= 4 is 34.5 Å². The lowest BCUT2D eigenvalue weighted by molar-refractivity contribution is -0.135. The maximum atomic E-state index is 11.7. The highest BCUT2D eigenvalue weighted by atomic mass is 32.2. The number of carbonyl (C=O) groups is 3. The van der Waals surface area contributed by atoms with Crippen LogP contribution >= 0.6 is 11.8 Å². The quantitative estimate of drug-likeness (QED) is 0.510. The number of esters is 1. The van der Waals surface area contributed by atoms with Crippen molar-refractivity contribution in [2.45, 2.75) is 31.9 Å². The largest absolute Gasteiger partial charge is 0.489 e. The van der Waals surface area contributed by atoms with E-state index in [2.05, 4.69) is 17.2 Å². The van der Waals surface area contributed by atoms with Crippen LogP contribution in [0.5, 0.6) is 5.75 Å². The van der Waals surface area contributed by atoms with E-state index >= 15 is 0 Å². The number of pyridine rings is 1. The first-order chi connectivity index (χ1) is 14.4. The Kier molecular flexibility index (Phi) is 7.24. The molecular weight excluding hydrogens is 404 g/mol. The van der Waals surface area contributed by atoms with Crippen molar-refractivity contribution < 1.29 is 23.9 Å². The Bertz CT molecular complexity index is 954. The molecule has 0 radical (unpaired) electrons.